The van der Waals surface area contributed by atoms with Crippen molar-refractivity contribution in [3.8, 4) is 0 Å². The Bertz CT molecular complexity index is 1070. The van der Waals surface area contributed by atoms with Crippen molar-refractivity contribution < 1.29 is 9.59 Å². The number of benzene rings is 3. The van der Waals surface area contributed by atoms with Gasteiger partial charge >= 0.3 is 0 Å². The summed E-state index contributed by atoms with van der Waals surface area (Å²) in [4.78, 5) is 27.2. The average molecular weight is 380 g/mol. The molecule has 144 valence electrons. The van der Waals surface area contributed by atoms with Gasteiger partial charge < -0.3 is 0 Å². The second kappa shape index (κ2) is 6.25. The molecule has 2 bridgehead atoms. The van der Waals surface area contributed by atoms with Gasteiger partial charge in [-0.2, -0.15) is 0 Å². The Kier molecular flexibility index (Phi) is 3.89. The zero-order valence-corrected chi connectivity index (χ0v) is 17.0. The molecule has 3 aromatic carbocycles. The average Bonchev–Trinajstić information content (AvgIpc) is 2.72. The summed E-state index contributed by atoms with van der Waals surface area (Å²) >= 11 is 0. The van der Waals surface area contributed by atoms with Crippen LogP contribution < -0.4 is 0 Å². The molecule has 2 aliphatic carbocycles. The molecule has 5 rings (SSSR count). The summed E-state index contributed by atoms with van der Waals surface area (Å²) in [5.74, 6) is -0.536. The molecular formula is C27H24O2. The lowest BCUT2D eigenvalue weighted by molar-refractivity contribution is 0.0852. The van der Waals surface area contributed by atoms with E-state index in [2.05, 4.69) is 45.0 Å². The maximum Gasteiger partial charge on any atom is 0.171 e. The lowest BCUT2D eigenvalue weighted by Gasteiger charge is -2.43. The molecule has 2 atom stereocenters. The lowest BCUT2D eigenvalue weighted by Crippen LogP contribution is -2.40. The number of carbonyl (C=O) groups excluding carboxylic acids is 2. The second-order valence-corrected chi connectivity index (χ2v) is 9.26. The van der Waals surface area contributed by atoms with Crippen LogP contribution in [0.15, 0.2) is 72.8 Å². The standard InChI is InChI=1S/C27H24O2/c1-27(2,3)17-14-12-16(13-15-17)22-23-18-8-4-6-10-20(18)25(28)24(22)19-9-5-7-11-21(19)26(23)29/h4-15,22-24H,1-3H3. The van der Waals surface area contributed by atoms with E-state index in [0.29, 0.717) is 11.1 Å². The van der Waals surface area contributed by atoms with Crippen molar-refractivity contribution in [2.24, 2.45) is 0 Å². The molecular weight excluding hydrogens is 356 g/mol. The van der Waals surface area contributed by atoms with Gasteiger partial charge in [-0.15, -0.1) is 0 Å². The summed E-state index contributed by atoms with van der Waals surface area (Å²) in [5, 5.41) is 0. The van der Waals surface area contributed by atoms with Crippen molar-refractivity contribution in [1.29, 1.82) is 0 Å². The fourth-order valence-electron chi connectivity index (χ4n) is 5.10. The van der Waals surface area contributed by atoms with Gasteiger partial charge in [-0.1, -0.05) is 93.6 Å². The summed E-state index contributed by atoms with van der Waals surface area (Å²) in [5.41, 5.74) is 5.53. The van der Waals surface area contributed by atoms with Crippen LogP contribution in [0.5, 0.6) is 0 Å². The Hall–Kier alpha value is -3.00. The van der Waals surface area contributed by atoms with E-state index in [1.54, 1.807) is 0 Å². The molecule has 0 heterocycles. The summed E-state index contributed by atoms with van der Waals surface area (Å²) < 4.78 is 0. The Morgan fingerprint density at radius 1 is 0.621 bits per heavy atom. The van der Waals surface area contributed by atoms with E-state index >= 15 is 0 Å². The fourth-order valence-corrected chi connectivity index (χ4v) is 5.10. The Labute approximate surface area is 171 Å². The van der Waals surface area contributed by atoms with Crippen LogP contribution >= 0.6 is 0 Å². The number of carbonyl (C=O) groups is 2. The zero-order valence-electron chi connectivity index (χ0n) is 17.0. The Morgan fingerprint density at radius 3 is 1.52 bits per heavy atom. The van der Waals surface area contributed by atoms with Gasteiger partial charge in [-0.25, -0.2) is 0 Å². The van der Waals surface area contributed by atoms with Crippen LogP contribution in [0.3, 0.4) is 0 Å². The van der Waals surface area contributed by atoms with Crippen LogP contribution in [0.1, 0.15) is 81.5 Å². The van der Waals surface area contributed by atoms with Crippen LogP contribution in [0.25, 0.3) is 0 Å². The van der Waals surface area contributed by atoms with Crippen LogP contribution in [0, 0.1) is 0 Å². The summed E-state index contributed by atoms with van der Waals surface area (Å²) in [6.45, 7) is 6.57. The monoisotopic (exact) mass is 380 g/mol. The third kappa shape index (κ3) is 2.62. The van der Waals surface area contributed by atoms with Crippen LogP contribution in [0.2, 0.25) is 0 Å². The van der Waals surface area contributed by atoms with Gasteiger partial charge in [-0.05, 0) is 27.7 Å². The Morgan fingerprint density at radius 2 is 1.07 bits per heavy atom. The highest BCUT2D eigenvalue weighted by Crippen LogP contribution is 2.55. The predicted octanol–water partition coefficient (Wildman–Crippen LogP) is 6.03. The van der Waals surface area contributed by atoms with Crippen molar-refractivity contribution in [2.75, 3.05) is 0 Å². The predicted molar refractivity (Wildman–Crippen MR) is 115 cm³/mol. The first-order valence-corrected chi connectivity index (χ1v) is 10.2. The highest BCUT2D eigenvalue weighted by atomic mass is 16.1. The van der Waals surface area contributed by atoms with Crippen molar-refractivity contribution in [3.63, 3.8) is 0 Å². The molecule has 0 N–H and O–H groups in total. The van der Waals surface area contributed by atoms with Gasteiger partial charge in [0.2, 0.25) is 0 Å². The van der Waals surface area contributed by atoms with Gasteiger partial charge in [0.15, 0.2) is 11.6 Å². The molecule has 0 aliphatic heterocycles. The van der Waals surface area contributed by atoms with E-state index in [-0.39, 0.29) is 34.7 Å². The first-order chi connectivity index (χ1) is 13.9. The highest BCUT2D eigenvalue weighted by Gasteiger charge is 2.51. The van der Waals surface area contributed by atoms with E-state index < -0.39 is 0 Å². The molecule has 0 spiro atoms. The molecule has 0 saturated carbocycles. The highest BCUT2D eigenvalue weighted by molar-refractivity contribution is 6.15. The smallest absolute Gasteiger partial charge is 0.171 e. The molecule has 0 radical (unpaired) electrons. The van der Waals surface area contributed by atoms with E-state index in [9.17, 15) is 9.59 Å². The van der Waals surface area contributed by atoms with Gasteiger partial charge in [0, 0.05) is 17.0 Å². The number of rotatable bonds is 1. The second-order valence-electron chi connectivity index (χ2n) is 9.26. The van der Waals surface area contributed by atoms with Gasteiger partial charge in [0.05, 0.1) is 11.8 Å². The van der Waals surface area contributed by atoms with Crippen LogP contribution in [-0.2, 0) is 5.41 Å². The third-order valence-corrected chi connectivity index (χ3v) is 6.57. The Balaban J connectivity index is 1.74. The normalized spacial score (nSPS) is 22.8. The number of ketones is 2. The van der Waals surface area contributed by atoms with Crippen LogP contribution in [-0.4, -0.2) is 11.6 Å². The number of fused-ring (bicyclic) bond motifs is 6. The molecule has 29 heavy (non-hydrogen) atoms. The minimum Gasteiger partial charge on any atom is -0.293 e. The molecule has 0 aromatic heterocycles. The molecule has 2 unspecified atom stereocenters. The maximum atomic E-state index is 13.6. The molecule has 0 saturated heterocycles. The SMILES string of the molecule is CC(C)(C)c1ccc(C2C3C(=O)c4ccccc4C2C(=O)c2ccccc23)cc1. The topological polar surface area (TPSA) is 34.1 Å². The van der Waals surface area contributed by atoms with Crippen molar-refractivity contribution in [3.05, 3.63) is 106 Å². The first-order valence-electron chi connectivity index (χ1n) is 10.2. The minimum absolute atomic E-state index is 0.0613. The minimum atomic E-state index is -0.315. The number of hydrogen-bond acceptors (Lipinski definition) is 2. The van der Waals surface area contributed by atoms with Gasteiger partial charge in [-0.3, -0.25) is 9.59 Å². The number of hydrogen-bond donors (Lipinski definition) is 0. The molecule has 2 aliphatic rings. The van der Waals surface area contributed by atoms with Crippen LogP contribution in [0.4, 0.5) is 0 Å². The van der Waals surface area contributed by atoms with Crippen molar-refractivity contribution >= 4 is 11.6 Å². The van der Waals surface area contributed by atoms with E-state index in [4.69, 9.17) is 0 Å². The molecule has 3 aromatic rings. The van der Waals surface area contributed by atoms with Gasteiger partial charge in [0.1, 0.15) is 0 Å². The molecule has 0 amide bonds. The van der Waals surface area contributed by atoms with Crippen molar-refractivity contribution in [2.45, 2.75) is 43.9 Å². The fraction of sp³-hybridized carbons (Fsp3) is 0.259. The van der Waals surface area contributed by atoms with E-state index in [0.717, 1.165) is 16.7 Å². The molecule has 2 heteroatoms. The molecule has 0 fully saturated rings. The lowest BCUT2D eigenvalue weighted by atomic mass is 9.57. The summed E-state index contributed by atoms with van der Waals surface area (Å²) in [7, 11) is 0. The van der Waals surface area contributed by atoms with Gasteiger partial charge in [0.25, 0.3) is 0 Å². The first kappa shape index (κ1) is 18.1. The quantitative estimate of drug-likeness (QED) is 0.517. The summed E-state index contributed by atoms with van der Waals surface area (Å²) in [6.07, 6.45) is 0. The summed E-state index contributed by atoms with van der Waals surface area (Å²) in [6, 6.07) is 23.8. The zero-order chi connectivity index (χ0) is 20.3. The largest absolute Gasteiger partial charge is 0.293 e. The third-order valence-electron chi connectivity index (χ3n) is 6.57. The van der Waals surface area contributed by atoms with E-state index in [1.807, 2.05) is 48.5 Å². The van der Waals surface area contributed by atoms with E-state index in [1.165, 1.54) is 5.56 Å². The maximum absolute atomic E-state index is 13.6. The number of Topliss-reactive ketones (excluding diaryl/α,β-unsaturated/α-hetero) is 2. The molecule has 2 nitrogen and oxygen atoms in total. The van der Waals surface area contributed by atoms with Crippen molar-refractivity contribution in [1.82, 2.24) is 0 Å².